The number of nitrogens with one attached hydrogen (secondary N) is 1. The molecule has 1 heterocycles. The second kappa shape index (κ2) is 9.50. The summed E-state index contributed by atoms with van der Waals surface area (Å²) < 4.78 is 42.6. The van der Waals surface area contributed by atoms with Crippen LogP contribution in [0.4, 0.5) is 4.39 Å². The second-order valence-corrected chi connectivity index (χ2v) is 8.42. The predicted octanol–water partition coefficient (Wildman–Crippen LogP) is 2.68. The smallest absolute Gasteiger partial charge is 0.175 e. The summed E-state index contributed by atoms with van der Waals surface area (Å²) in [7, 11) is -3.25. The average molecular weight is 415 g/mol. The summed E-state index contributed by atoms with van der Waals surface area (Å²) in [6.07, 6.45) is 1.18. The van der Waals surface area contributed by atoms with Crippen LogP contribution in [-0.2, 0) is 9.84 Å². The van der Waals surface area contributed by atoms with Crippen molar-refractivity contribution in [2.24, 2.45) is 0 Å². The van der Waals surface area contributed by atoms with Gasteiger partial charge in [0, 0.05) is 38.5 Å². The van der Waals surface area contributed by atoms with Gasteiger partial charge in [-0.3, -0.25) is 4.90 Å². The zero-order valence-corrected chi connectivity index (χ0v) is 16.7. The number of ether oxygens (including phenoxy) is 1. The highest BCUT2D eigenvalue weighted by molar-refractivity contribution is 7.90. The maximum atomic E-state index is 13.5. The van der Waals surface area contributed by atoms with Gasteiger partial charge in [-0.1, -0.05) is 18.2 Å². The van der Waals surface area contributed by atoms with Crippen LogP contribution in [0.25, 0.3) is 0 Å². The highest BCUT2D eigenvalue weighted by Gasteiger charge is 2.23. The Labute approximate surface area is 165 Å². The molecule has 0 aromatic heterocycles. The van der Waals surface area contributed by atoms with Gasteiger partial charge in [0.2, 0.25) is 0 Å². The number of hydrogen-bond donors (Lipinski definition) is 1. The van der Waals surface area contributed by atoms with E-state index in [0.29, 0.717) is 18.9 Å². The number of benzene rings is 2. The lowest BCUT2D eigenvalue weighted by molar-refractivity contribution is 0.133. The molecule has 2 aromatic rings. The summed E-state index contributed by atoms with van der Waals surface area (Å²) in [5.41, 5.74) is 0.941. The molecule has 0 radical (unpaired) electrons. The number of rotatable bonds is 6. The van der Waals surface area contributed by atoms with E-state index in [2.05, 4.69) is 10.2 Å². The van der Waals surface area contributed by atoms with Crippen LogP contribution in [0.1, 0.15) is 11.6 Å². The summed E-state index contributed by atoms with van der Waals surface area (Å²) in [6.45, 7) is 3.57. The quantitative estimate of drug-likeness (QED) is 0.787. The number of sulfone groups is 1. The topological polar surface area (TPSA) is 58.6 Å². The van der Waals surface area contributed by atoms with E-state index < -0.39 is 9.84 Å². The van der Waals surface area contributed by atoms with E-state index in [-0.39, 0.29) is 29.2 Å². The molecule has 0 saturated carbocycles. The Balaban J connectivity index is 0.00000261. The molecule has 1 aliphatic heterocycles. The van der Waals surface area contributed by atoms with Gasteiger partial charge in [0.15, 0.2) is 9.84 Å². The second-order valence-electron chi connectivity index (χ2n) is 6.41. The van der Waals surface area contributed by atoms with Gasteiger partial charge in [0.05, 0.1) is 4.90 Å². The predicted molar refractivity (Wildman–Crippen MR) is 106 cm³/mol. The molecule has 148 valence electrons. The van der Waals surface area contributed by atoms with Gasteiger partial charge in [-0.2, -0.15) is 0 Å². The largest absolute Gasteiger partial charge is 0.492 e. The zero-order valence-electron chi connectivity index (χ0n) is 15.1. The molecular weight excluding hydrogens is 391 g/mol. The number of halogens is 2. The third-order valence-corrected chi connectivity index (χ3v) is 5.58. The van der Waals surface area contributed by atoms with Gasteiger partial charge in [0.1, 0.15) is 18.2 Å². The highest BCUT2D eigenvalue weighted by atomic mass is 35.5. The summed E-state index contributed by atoms with van der Waals surface area (Å²) >= 11 is 0. The van der Waals surface area contributed by atoms with Crippen molar-refractivity contribution < 1.29 is 17.5 Å². The maximum Gasteiger partial charge on any atom is 0.175 e. The first-order valence-corrected chi connectivity index (χ1v) is 10.5. The fourth-order valence-corrected chi connectivity index (χ4v) is 3.79. The molecule has 1 atom stereocenters. The molecule has 5 nitrogen and oxygen atoms in total. The molecule has 0 bridgehead atoms. The molecule has 0 spiro atoms. The average Bonchev–Trinajstić information content (AvgIpc) is 2.62. The molecule has 1 fully saturated rings. The summed E-state index contributed by atoms with van der Waals surface area (Å²) in [5.74, 6) is 0.298. The third-order valence-electron chi connectivity index (χ3n) is 4.47. The molecule has 1 saturated heterocycles. The molecule has 8 heteroatoms. The van der Waals surface area contributed by atoms with Crippen LogP contribution in [0.5, 0.6) is 5.75 Å². The summed E-state index contributed by atoms with van der Waals surface area (Å²) in [6, 6.07) is 13.3. The van der Waals surface area contributed by atoms with E-state index in [1.165, 1.54) is 18.4 Å². The number of hydrogen-bond acceptors (Lipinski definition) is 5. The highest BCUT2D eigenvalue weighted by Crippen LogP contribution is 2.23. The lowest BCUT2D eigenvalue weighted by Gasteiger charge is -2.36. The lowest BCUT2D eigenvalue weighted by atomic mass is 10.0. The van der Waals surface area contributed by atoms with Gasteiger partial charge < -0.3 is 10.1 Å². The van der Waals surface area contributed by atoms with Crippen LogP contribution in [0.3, 0.4) is 0 Å². The van der Waals surface area contributed by atoms with E-state index >= 15 is 0 Å². The lowest BCUT2D eigenvalue weighted by Crippen LogP contribution is -2.47. The van der Waals surface area contributed by atoms with E-state index in [4.69, 9.17) is 4.74 Å². The van der Waals surface area contributed by atoms with Crippen LogP contribution in [0.2, 0.25) is 0 Å². The maximum absolute atomic E-state index is 13.5. The first-order chi connectivity index (χ1) is 12.4. The van der Waals surface area contributed by atoms with Gasteiger partial charge in [-0.05, 0) is 35.9 Å². The molecule has 1 N–H and O–H groups in total. The minimum Gasteiger partial charge on any atom is -0.492 e. The third kappa shape index (κ3) is 5.90. The van der Waals surface area contributed by atoms with Crippen molar-refractivity contribution in [3.63, 3.8) is 0 Å². The Bertz CT molecular complexity index is 864. The molecule has 27 heavy (non-hydrogen) atoms. The molecule has 1 unspecified atom stereocenters. The van der Waals surface area contributed by atoms with Crippen LogP contribution in [0.15, 0.2) is 53.4 Å². The van der Waals surface area contributed by atoms with Gasteiger partial charge in [0.25, 0.3) is 0 Å². The van der Waals surface area contributed by atoms with Crippen LogP contribution in [0, 0.1) is 5.82 Å². The fourth-order valence-electron chi connectivity index (χ4n) is 3.13. The Morgan fingerprint density at radius 3 is 2.74 bits per heavy atom. The Morgan fingerprint density at radius 1 is 1.22 bits per heavy atom. The van der Waals surface area contributed by atoms with Crippen molar-refractivity contribution in [1.29, 1.82) is 0 Å². The number of nitrogens with zero attached hydrogens (tertiary/aromatic N) is 1. The SMILES string of the molecule is CS(=O)(=O)c1cccc(OCCN2CCNCC2c2cccc(F)c2)c1.Cl. The summed E-state index contributed by atoms with van der Waals surface area (Å²) in [5, 5.41) is 3.34. The van der Waals surface area contributed by atoms with Crippen LogP contribution in [-0.4, -0.2) is 52.4 Å². The Kier molecular flexibility index (Phi) is 7.61. The normalized spacial score (nSPS) is 17.9. The van der Waals surface area contributed by atoms with Crippen molar-refractivity contribution in [3.8, 4) is 5.75 Å². The van der Waals surface area contributed by atoms with Crippen molar-refractivity contribution in [1.82, 2.24) is 10.2 Å². The minimum atomic E-state index is -3.25. The monoisotopic (exact) mass is 414 g/mol. The molecular formula is C19H24ClFN2O3S. The molecule has 1 aliphatic rings. The van der Waals surface area contributed by atoms with E-state index in [0.717, 1.165) is 25.2 Å². The van der Waals surface area contributed by atoms with Crippen LogP contribution < -0.4 is 10.1 Å². The van der Waals surface area contributed by atoms with E-state index in [9.17, 15) is 12.8 Å². The summed E-state index contributed by atoms with van der Waals surface area (Å²) in [4.78, 5) is 2.50. The first kappa shape index (κ1) is 21.6. The number of piperazine rings is 1. The van der Waals surface area contributed by atoms with Crippen LogP contribution >= 0.6 is 12.4 Å². The zero-order chi connectivity index (χ0) is 18.6. The minimum absolute atomic E-state index is 0. The first-order valence-electron chi connectivity index (χ1n) is 8.56. The molecule has 2 aromatic carbocycles. The Hall–Kier alpha value is -1.67. The molecule has 0 amide bonds. The Morgan fingerprint density at radius 2 is 2.00 bits per heavy atom. The van der Waals surface area contributed by atoms with Crippen molar-refractivity contribution in [3.05, 3.63) is 59.9 Å². The van der Waals surface area contributed by atoms with Crippen molar-refractivity contribution >= 4 is 22.2 Å². The van der Waals surface area contributed by atoms with Gasteiger partial charge in [-0.15, -0.1) is 12.4 Å². The standard InChI is InChI=1S/C19H23FN2O3S.ClH/c1-26(23,24)18-7-3-6-17(13-18)25-11-10-22-9-8-21-14-19(22)15-4-2-5-16(20)12-15;/h2-7,12-13,19,21H,8-11,14H2,1H3;1H. The molecule has 0 aliphatic carbocycles. The van der Waals surface area contributed by atoms with Gasteiger partial charge in [-0.25, -0.2) is 12.8 Å². The van der Waals surface area contributed by atoms with Crippen molar-refractivity contribution in [2.75, 3.05) is 39.0 Å². The van der Waals surface area contributed by atoms with Gasteiger partial charge >= 0.3 is 0 Å². The molecule has 3 rings (SSSR count). The van der Waals surface area contributed by atoms with E-state index in [1.54, 1.807) is 30.3 Å². The van der Waals surface area contributed by atoms with E-state index in [1.807, 2.05) is 6.07 Å². The van der Waals surface area contributed by atoms with Crippen molar-refractivity contribution in [2.45, 2.75) is 10.9 Å². The fraction of sp³-hybridized carbons (Fsp3) is 0.368.